The Morgan fingerprint density at radius 3 is 2.71 bits per heavy atom. The van der Waals surface area contributed by atoms with Crippen LogP contribution in [-0.2, 0) is 4.74 Å². The van der Waals surface area contributed by atoms with Crippen LogP contribution in [0.3, 0.4) is 0 Å². The molecule has 2 aromatic rings. The van der Waals surface area contributed by atoms with E-state index in [4.69, 9.17) is 16.3 Å². The maximum atomic E-state index is 13.2. The first-order valence-corrected chi connectivity index (χ1v) is 7.58. The number of imidazole rings is 1. The molecular weight excluding hydrogens is 291 g/mol. The van der Waals surface area contributed by atoms with Gasteiger partial charge in [-0.05, 0) is 43.9 Å². The van der Waals surface area contributed by atoms with Crippen molar-refractivity contribution in [2.24, 2.45) is 0 Å². The Hall–Kier alpha value is -1.39. The molecule has 1 fully saturated rings. The minimum atomic E-state index is -0.331. The third-order valence-corrected chi connectivity index (χ3v) is 4.52. The summed E-state index contributed by atoms with van der Waals surface area (Å²) in [6.45, 7) is 0. The fraction of sp³-hybridized carbons (Fsp3) is 0.438. The number of aromatic nitrogens is 2. The van der Waals surface area contributed by atoms with Crippen LogP contribution in [-0.4, -0.2) is 22.8 Å². The number of methoxy groups -OCH3 is 1. The summed E-state index contributed by atoms with van der Waals surface area (Å²) in [7, 11) is 1.77. The van der Waals surface area contributed by atoms with Crippen molar-refractivity contribution < 1.29 is 9.13 Å². The van der Waals surface area contributed by atoms with Crippen LogP contribution in [0.5, 0.6) is 0 Å². The molecule has 0 bridgehead atoms. The number of ether oxygens (including phenoxy) is 1. The van der Waals surface area contributed by atoms with Gasteiger partial charge < -0.3 is 9.30 Å². The minimum absolute atomic E-state index is 0.331. The van der Waals surface area contributed by atoms with E-state index in [9.17, 15) is 4.39 Å². The second-order valence-corrected chi connectivity index (χ2v) is 5.86. The van der Waals surface area contributed by atoms with Crippen molar-refractivity contribution in [1.29, 1.82) is 0 Å². The lowest BCUT2D eigenvalue weighted by molar-refractivity contribution is 0.0586. The molecule has 112 valence electrons. The van der Waals surface area contributed by atoms with Gasteiger partial charge in [-0.25, -0.2) is 9.37 Å². The topological polar surface area (TPSA) is 27.1 Å². The SMILES string of the molecule is COC1CCC(n2ccnc2-c2ccc(F)cc2Cl)CC1. The molecule has 1 heterocycles. The Balaban J connectivity index is 1.87. The van der Waals surface area contributed by atoms with E-state index >= 15 is 0 Å². The van der Waals surface area contributed by atoms with Crippen LogP contribution < -0.4 is 0 Å². The third kappa shape index (κ3) is 2.97. The first-order chi connectivity index (χ1) is 10.2. The lowest BCUT2D eigenvalue weighted by atomic mass is 9.92. The molecular formula is C16H18ClFN2O. The van der Waals surface area contributed by atoms with Crippen molar-refractivity contribution in [3.8, 4) is 11.4 Å². The van der Waals surface area contributed by atoms with Crippen LogP contribution >= 0.6 is 11.6 Å². The Bertz CT molecular complexity index is 620. The van der Waals surface area contributed by atoms with E-state index in [1.165, 1.54) is 12.1 Å². The summed E-state index contributed by atoms with van der Waals surface area (Å²) in [5.74, 6) is 0.475. The fourth-order valence-electron chi connectivity index (χ4n) is 3.05. The highest BCUT2D eigenvalue weighted by Gasteiger charge is 2.24. The van der Waals surface area contributed by atoms with Gasteiger partial charge in [-0.3, -0.25) is 0 Å². The standard InChI is InChI=1S/C16H18ClFN2O/c1-21-13-5-3-12(4-6-13)20-9-8-19-16(20)14-7-2-11(18)10-15(14)17/h2,7-10,12-13H,3-6H2,1H3. The number of benzene rings is 1. The van der Waals surface area contributed by atoms with Gasteiger partial charge in [0.1, 0.15) is 11.6 Å². The average Bonchev–Trinajstić information content (AvgIpc) is 2.96. The van der Waals surface area contributed by atoms with Gasteiger partial charge in [-0.15, -0.1) is 0 Å². The molecule has 1 aliphatic rings. The Labute approximate surface area is 128 Å². The van der Waals surface area contributed by atoms with Gasteiger partial charge in [0.2, 0.25) is 0 Å². The summed E-state index contributed by atoms with van der Waals surface area (Å²) < 4.78 is 20.8. The molecule has 21 heavy (non-hydrogen) atoms. The van der Waals surface area contributed by atoms with Crippen LogP contribution in [0.4, 0.5) is 4.39 Å². The molecule has 0 atom stereocenters. The zero-order valence-electron chi connectivity index (χ0n) is 11.9. The normalized spacial score (nSPS) is 22.4. The zero-order chi connectivity index (χ0) is 14.8. The van der Waals surface area contributed by atoms with Crippen molar-refractivity contribution >= 4 is 11.6 Å². The van der Waals surface area contributed by atoms with E-state index in [2.05, 4.69) is 9.55 Å². The lowest BCUT2D eigenvalue weighted by Crippen LogP contribution is -2.22. The van der Waals surface area contributed by atoms with Crippen LogP contribution in [0.25, 0.3) is 11.4 Å². The number of rotatable bonds is 3. The maximum absolute atomic E-state index is 13.2. The lowest BCUT2D eigenvalue weighted by Gasteiger charge is -2.29. The Morgan fingerprint density at radius 2 is 2.05 bits per heavy atom. The molecule has 0 unspecified atom stereocenters. The predicted molar refractivity (Wildman–Crippen MR) is 80.9 cm³/mol. The van der Waals surface area contributed by atoms with Crippen LogP contribution in [0, 0.1) is 5.82 Å². The number of hydrogen-bond acceptors (Lipinski definition) is 2. The summed E-state index contributed by atoms with van der Waals surface area (Å²) >= 11 is 6.16. The quantitative estimate of drug-likeness (QED) is 0.836. The van der Waals surface area contributed by atoms with Crippen molar-refractivity contribution in [1.82, 2.24) is 9.55 Å². The van der Waals surface area contributed by atoms with Crippen molar-refractivity contribution in [2.45, 2.75) is 37.8 Å². The first-order valence-electron chi connectivity index (χ1n) is 7.20. The molecule has 1 saturated carbocycles. The molecule has 0 aliphatic heterocycles. The smallest absolute Gasteiger partial charge is 0.141 e. The number of halogens is 2. The van der Waals surface area contributed by atoms with Crippen molar-refractivity contribution in [2.75, 3.05) is 7.11 Å². The van der Waals surface area contributed by atoms with Crippen LogP contribution in [0.2, 0.25) is 5.02 Å². The summed E-state index contributed by atoms with van der Waals surface area (Å²) in [5.41, 5.74) is 0.775. The predicted octanol–water partition coefficient (Wildman–Crippen LogP) is 4.47. The molecule has 1 aromatic carbocycles. The van der Waals surface area contributed by atoms with Crippen LogP contribution in [0.1, 0.15) is 31.7 Å². The summed E-state index contributed by atoms with van der Waals surface area (Å²) in [6, 6.07) is 4.84. The highest BCUT2D eigenvalue weighted by Crippen LogP contribution is 2.35. The minimum Gasteiger partial charge on any atom is -0.381 e. The molecule has 0 N–H and O–H groups in total. The largest absolute Gasteiger partial charge is 0.381 e. The van der Waals surface area contributed by atoms with Gasteiger partial charge in [0.15, 0.2) is 0 Å². The summed E-state index contributed by atoms with van der Waals surface area (Å²) in [4.78, 5) is 4.42. The van der Waals surface area contributed by atoms with Gasteiger partial charge in [0.25, 0.3) is 0 Å². The van der Waals surface area contributed by atoms with E-state index in [0.717, 1.165) is 37.1 Å². The fourth-order valence-corrected chi connectivity index (χ4v) is 3.30. The average molecular weight is 309 g/mol. The second-order valence-electron chi connectivity index (χ2n) is 5.45. The maximum Gasteiger partial charge on any atom is 0.141 e. The van der Waals surface area contributed by atoms with E-state index in [-0.39, 0.29) is 5.82 Å². The molecule has 3 nitrogen and oxygen atoms in total. The zero-order valence-corrected chi connectivity index (χ0v) is 12.7. The second kappa shape index (κ2) is 6.16. The first kappa shape index (κ1) is 14.5. The monoisotopic (exact) mass is 308 g/mol. The van der Waals surface area contributed by atoms with Gasteiger partial charge >= 0.3 is 0 Å². The highest BCUT2D eigenvalue weighted by atomic mass is 35.5. The van der Waals surface area contributed by atoms with Crippen LogP contribution in [0.15, 0.2) is 30.6 Å². The summed E-state index contributed by atoms with van der Waals surface area (Å²) in [6.07, 6.45) is 8.33. The van der Waals surface area contributed by atoms with Gasteiger partial charge in [-0.2, -0.15) is 0 Å². The van der Waals surface area contributed by atoms with Gasteiger partial charge in [0.05, 0.1) is 11.1 Å². The number of hydrogen-bond donors (Lipinski definition) is 0. The van der Waals surface area contributed by atoms with Gasteiger partial charge in [0, 0.05) is 31.1 Å². The molecule has 1 aromatic heterocycles. The van der Waals surface area contributed by atoms with Crippen molar-refractivity contribution in [3.63, 3.8) is 0 Å². The Kier molecular flexibility index (Phi) is 4.27. The van der Waals surface area contributed by atoms with E-state index in [0.29, 0.717) is 17.2 Å². The van der Waals surface area contributed by atoms with E-state index in [1.807, 2.05) is 6.20 Å². The van der Waals surface area contributed by atoms with Gasteiger partial charge in [-0.1, -0.05) is 11.6 Å². The molecule has 0 amide bonds. The molecule has 3 rings (SSSR count). The third-order valence-electron chi connectivity index (χ3n) is 4.21. The van der Waals surface area contributed by atoms with E-state index < -0.39 is 0 Å². The molecule has 0 saturated heterocycles. The summed E-state index contributed by atoms with van der Waals surface area (Å²) in [5, 5.41) is 0.396. The molecule has 5 heteroatoms. The van der Waals surface area contributed by atoms with E-state index in [1.54, 1.807) is 19.4 Å². The Morgan fingerprint density at radius 1 is 1.29 bits per heavy atom. The molecule has 0 radical (unpaired) electrons. The number of nitrogens with zero attached hydrogens (tertiary/aromatic N) is 2. The van der Waals surface area contributed by atoms with Crippen molar-refractivity contribution in [3.05, 3.63) is 41.4 Å². The molecule has 1 aliphatic carbocycles. The molecule has 0 spiro atoms. The highest BCUT2D eigenvalue weighted by molar-refractivity contribution is 6.33.